The van der Waals surface area contributed by atoms with E-state index >= 15 is 4.39 Å². The van der Waals surface area contributed by atoms with Crippen LogP contribution >= 0.6 is 30.4 Å². The van der Waals surface area contributed by atoms with Crippen LogP contribution in [0.4, 0.5) is 4.39 Å². The molecular formula is C32H45FIN4O9P. The predicted octanol–water partition coefficient (Wildman–Crippen LogP) is 5.99. The maximum atomic E-state index is 15.6. The van der Waals surface area contributed by atoms with Crippen molar-refractivity contribution < 1.29 is 36.8 Å². The number of aromatic amines is 1. The number of benzene rings is 1. The maximum Gasteiger partial charge on any atom is 0.530 e. The number of nitrogens with zero attached hydrogens (tertiary/aromatic N) is 1. The Bertz CT molecular complexity index is 1670. The van der Waals surface area contributed by atoms with Crippen LogP contribution in [-0.2, 0) is 46.3 Å². The highest BCUT2D eigenvalue weighted by Gasteiger charge is 2.44. The van der Waals surface area contributed by atoms with Crippen molar-refractivity contribution in [1.29, 1.82) is 5.41 Å². The number of rotatable bonds is 14. The van der Waals surface area contributed by atoms with Gasteiger partial charge in [0.1, 0.15) is 30.0 Å². The quantitative estimate of drug-likeness (QED) is 0.0512. The molecule has 1 unspecified atom stereocenters. The van der Waals surface area contributed by atoms with E-state index in [4.69, 9.17) is 34.2 Å². The van der Waals surface area contributed by atoms with Crippen molar-refractivity contribution in [3.8, 4) is 5.75 Å². The number of nitrogens with one attached hydrogen (secondary N) is 2. The number of hydrogen-bond acceptors (Lipinski definition) is 10. The highest BCUT2D eigenvalue weighted by molar-refractivity contribution is 14.1. The summed E-state index contributed by atoms with van der Waals surface area (Å²) >= 11 is 1.79. The molecule has 3 heterocycles. The first-order valence-electron chi connectivity index (χ1n) is 16.1. The SMILES string of the molecule is CC(C)Cc1cc(C(C)(C)C)c2c(c1F)COP(=O)(OC[C@H]1O[C@@H](n3cc([125I])c(=O)[nH]c3=O)C[C@@H]1OC(=O)CCCCCCC(=N)N)O2. The molecule has 0 amide bonds. The molecule has 13 nitrogen and oxygen atoms in total. The van der Waals surface area contributed by atoms with Gasteiger partial charge in [-0.2, -0.15) is 0 Å². The lowest BCUT2D eigenvalue weighted by molar-refractivity contribution is -0.153. The van der Waals surface area contributed by atoms with Crippen molar-refractivity contribution in [1.82, 2.24) is 9.55 Å². The Morgan fingerprint density at radius 2 is 1.92 bits per heavy atom. The van der Waals surface area contributed by atoms with Gasteiger partial charge in [0.05, 0.1) is 28.2 Å². The third-order valence-corrected chi connectivity index (χ3v) is 10.1. The van der Waals surface area contributed by atoms with Crippen LogP contribution in [0.15, 0.2) is 21.9 Å². The average Bonchev–Trinajstić information content (AvgIpc) is 3.38. The summed E-state index contributed by atoms with van der Waals surface area (Å²) in [6.07, 6.45) is 2.59. The van der Waals surface area contributed by atoms with Gasteiger partial charge in [0, 0.05) is 31.0 Å². The summed E-state index contributed by atoms with van der Waals surface area (Å²) in [6, 6.07) is 1.75. The Kier molecular flexibility index (Phi) is 12.7. The van der Waals surface area contributed by atoms with Crippen LogP contribution in [0.25, 0.3) is 0 Å². The van der Waals surface area contributed by atoms with Gasteiger partial charge in [0.15, 0.2) is 0 Å². The largest absolute Gasteiger partial charge is 0.530 e. The van der Waals surface area contributed by atoms with Crippen LogP contribution in [0.1, 0.15) is 102 Å². The molecule has 1 fully saturated rings. The lowest BCUT2D eigenvalue weighted by Crippen LogP contribution is -2.33. The Labute approximate surface area is 292 Å². The van der Waals surface area contributed by atoms with Crippen molar-refractivity contribution in [3.63, 3.8) is 0 Å². The van der Waals surface area contributed by atoms with Gasteiger partial charge in [0.2, 0.25) is 0 Å². The predicted molar refractivity (Wildman–Crippen MR) is 185 cm³/mol. The van der Waals surface area contributed by atoms with Gasteiger partial charge in [-0.15, -0.1) is 0 Å². The molecular weight excluding hydrogens is 759 g/mol. The molecule has 1 aromatic carbocycles. The Morgan fingerprint density at radius 3 is 2.56 bits per heavy atom. The molecule has 2 aliphatic heterocycles. The van der Waals surface area contributed by atoms with E-state index in [0.29, 0.717) is 30.4 Å². The molecule has 4 rings (SSSR count). The fraction of sp³-hybridized carbons (Fsp3) is 0.625. The van der Waals surface area contributed by atoms with Crippen LogP contribution in [0, 0.1) is 20.7 Å². The summed E-state index contributed by atoms with van der Waals surface area (Å²) in [5.74, 6) is -0.504. The zero-order valence-corrected chi connectivity index (χ0v) is 31.0. The highest BCUT2D eigenvalue weighted by atomic mass is 125. The lowest BCUT2D eigenvalue weighted by Gasteiger charge is -2.32. The maximum absolute atomic E-state index is 15.6. The van der Waals surface area contributed by atoms with Crippen molar-refractivity contribution >= 4 is 42.2 Å². The smallest absolute Gasteiger partial charge is 0.459 e. The van der Waals surface area contributed by atoms with E-state index in [9.17, 15) is 18.9 Å². The molecule has 1 saturated heterocycles. The normalized spacial score (nSPS) is 22.4. The van der Waals surface area contributed by atoms with Crippen LogP contribution in [-0.4, -0.2) is 40.2 Å². The second kappa shape index (κ2) is 16.0. The number of halogens is 2. The van der Waals surface area contributed by atoms with Gasteiger partial charge in [-0.25, -0.2) is 13.8 Å². The number of phosphoric acid groups is 1. The number of ether oxygens (including phenoxy) is 2. The van der Waals surface area contributed by atoms with Crippen LogP contribution in [0.5, 0.6) is 5.75 Å². The molecule has 0 bridgehead atoms. The third kappa shape index (κ3) is 9.77. The Hall–Kier alpha value is -2.59. The van der Waals surface area contributed by atoms with Crippen molar-refractivity contribution in [2.24, 2.45) is 11.7 Å². The Balaban J connectivity index is 1.51. The molecule has 2 aromatic rings. The average molecular weight is 805 g/mol. The van der Waals surface area contributed by atoms with E-state index in [1.165, 1.54) is 10.8 Å². The minimum Gasteiger partial charge on any atom is -0.459 e. The van der Waals surface area contributed by atoms with E-state index < -0.39 is 61.3 Å². The van der Waals surface area contributed by atoms with E-state index in [0.717, 1.165) is 19.3 Å². The van der Waals surface area contributed by atoms with Gasteiger partial charge in [-0.05, 0) is 64.8 Å². The number of hydrogen-bond donors (Lipinski definition) is 3. The van der Waals surface area contributed by atoms with Crippen LogP contribution in [0.3, 0.4) is 0 Å². The summed E-state index contributed by atoms with van der Waals surface area (Å²) in [7, 11) is -4.30. The fourth-order valence-corrected chi connectivity index (χ4v) is 7.30. The van der Waals surface area contributed by atoms with Crippen LogP contribution in [0.2, 0.25) is 0 Å². The van der Waals surface area contributed by atoms with Crippen molar-refractivity contribution in [2.45, 2.75) is 116 Å². The molecule has 2 aliphatic rings. The standard InChI is InChI=1S/C32H45FIN4O9P/c1-18(2)12-19-13-21(32(3,4)5)29-20(28(19)33)16-43-48(42,47-29)44-17-24-23(46-27(39)11-9-7-6-8-10-25(35)36)14-26(45-24)38-15-22(34)30(40)37-31(38)41/h13,15,18,23-24,26H,6-12,14,16-17H2,1-5H3,(H3,35,36)(H,37,40,41)/t23-,24+,26+,48?/m0/s1/i34-2. The lowest BCUT2D eigenvalue weighted by atomic mass is 9.83. The number of H-pyrrole nitrogens is 1. The number of carbonyl (C=O) groups excluding carboxylic acids is 1. The van der Waals surface area contributed by atoms with E-state index in [1.807, 2.05) is 34.6 Å². The highest BCUT2D eigenvalue weighted by Crippen LogP contribution is 2.57. The molecule has 16 heteroatoms. The first-order chi connectivity index (χ1) is 22.5. The van der Waals surface area contributed by atoms with E-state index in [2.05, 4.69) is 4.98 Å². The number of aromatic nitrogens is 2. The summed E-state index contributed by atoms with van der Waals surface area (Å²) in [6.45, 7) is 9.10. The number of unbranched alkanes of at least 4 members (excludes halogenated alkanes) is 3. The molecule has 1 aromatic heterocycles. The van der Waals surface area contributed by atoms with Crippen molar-refractivity contribution in [3.05, 3.63) is 59.2 Å². The number of phosphoric ester groups is 1. The fourth-order valence-electron chi connectivity index (χ4n) is 5.63. The third-order valence-electron chi connectivity index (χ3n) is 8.06. The zero-order valence-electron chi connectivity index (χ0n) is 27.9. The molecule has 4 N–H and O–H groups in total. The minimum absolute atomic E-state index is 0.0489. The van der Waals surface area contributed by atoms with Gasteiger partial charge < -0.3 is 19.7 Å². The van der Waals surface area contributed by atoms with Crippen LogP contribution < -0.4 is 21.5 Å². The number of amidine groups is 1. The molecule has 266 valence electrons. The first kappa shape index (κ1) is 38.2. The van der Waals surface area contributed by atoms with E-state index in [1.54, 1.807) is 28.7 Å². The first-order valence-corrected chi connectivity index (χ1v) is 18.6. The van der Waals surface area contributed by atoms with Crippen molar-refractivity contribution in [2.75, 3.05) is 6.61 Å². The second-order valence-electron chi connectivity index (χ2n) is 13.6. The molecule has 0 spiro atoms. The number of fused-ring (bicyclic) bond motifs is 1. The Morgan fingerprint density at radius 1 is 1.23 bits per heavy atom. The second-order valence-corrected chi connectivity index (χ2v) is 16.4. The summed E-state index contributed by atoms with van der Waals surface area (Å²) in [5.41, 5.74) is 5.01. The van der Waals surface area contributed by atoms with Gasteiger partial charge >= 0.3 is 19.5 Å². The summed E-state index contributed by atoms with van der Waals surface area (Å²) < 4.78 is 59.8. The summed E-state index contributed by atoms with van der Waals surface area (Å²) in [5, 5.41) is 7.31. The molecule has 0 radical (unpaired) electrons. The summed E-state index contributed by atoms with van der Waals surface area (Å²) in [4.78, 5) is 39.6. The van der Waals surface area contributed by atoms with Gasteiger partial charge in [0.25, 0.3) is 5.56 Å². The number of nitrogens with two attached hydrogens (primary N) is 1. The van der Waals surface area contributed by atoms with E-state index in [-0.39, 0.29) is 46.1 Å². The topological polar surface area (TPSA) is 185 Å². The molecule has 0 saturated carbocycles. The minimum atomic E-state index is -4.30. The van der Waals surface area contributed by atoms with Gasteiger partial charge in [-0.1, -0.05) is 47.5 Å². The molecule has 48 heavy (non-hydrogen) atoms. The molecule has 4 atom stereocenters. The zero-order chi connectivity index (χ0) is 35.4. The number of carbonyl (C=O) groups is 1. The monoisotopic (exact) mass is 804 g/mol. The van der Waals surface area contributed by atoms with Gasteiger partial charge in [-0.3, -0.25) is 33.6 Å². The number of esters is 1. The molecule has 0 aliphatic carbocycles.